The second-order valence-corrected chi connectivity index (χ2v) is 5.34. The monoisotopic (exact) mass is 243 g/mol. The van der Waals surface area contributed by atoms with E-state index in [1.165, 1.54) is 29.5 Å². The predicted molar refractivity (Wildman–Crippen MR) is 54.4 cm³/mol. The summed E-state index contributed by atoms with van der Waals surface area (Å²) in [6.07, 6.45) is 2.91. The summed E-state index contributed by atoms with van der Waals surface area (Å²) in [7, 11) is 1.51. The van der Waals surface area contributed by atoms with Crippen molar-refractivity contribution in [2.75, 3.05) is 0 Å². The van der Waals surface area contributed by atoms with Gasteiger partial charge in [-0.3, -0.25) is 0 Å². The molecule has 7 heteroatoms. The van der Waals surface area contributed by atoms with Crippen molar-refractivity contribution in [2.24, 2.45) is 0 Å². The Labute approximate surface area is 90.7 Å². The summed E-state index contributed by atoms with van der Waals surface area (Å²) in [6.45, 7) is 0. The van der Waals surface area contributed by atoms with E-state index in [1.54, 1.807) is 12.1 Å². The van der Waals surface area contributed by atoms with Crippen LogP contribution in [0.15, 0.2) is 41.8 Å². The summed E-state index contributed by atoms with van der Waals surface area (Å²) in [6, 6.07) is 6.03. The summed E-state index contributed by atoms with van der Waals surface area (Å²) in [4.78, 5) is 3.84. The van der Waals surface area contributed by atoms with E-state index in [0.717, 1.165) is 5.69 Å². The normalized spacial score (nSPS) is 11.5. The molecule has 2 rings (SSSR count). The van der Waals surface area contributed by atoms with Crippen molar-refractivity contribution < 1.29 is 8.42 Å². The van der Waals surface area contributed by atoms with E-state index < -0.39 is 9.05 Å². The maximum absolute atomic E-state index is 11.0. The average Bonchev–Trinajstić information content (AvgIpc) is 2.69. The van der Waals surface area contributed by atoms with Gasteiger partial charge in [0.2, 0.25) is 0 Å². The van der Waals surface area contributed by atoms with Crippen LogP contribution >= 0.6 is 10.7 Å². The van der Waals surface area contributed by atoms with Crippen molar-refractivity contribution >= 4 is 19.7 Å². The Bertz CT molecular complexity index is 548. The van der Waals surface area contributed by atoms with Gasteiger partial charge in [-0.15, -0.1) is 0 Å². The van der Waals surface area contributed by atoms with Crippen molar-refractivity contribution in [1.82, 2.24) is 14.8 Å². The molecule has 0 saturated heterocycles. The van der Waals surface area contributed by atoms with E-state index in [1.807, 2.05) is 0 Å². The second kappa shape index (κ2) is 3.63. The molecule has 0 fully saturated rings. The Morgan fingerprint density at radius 1 is 1.20 bits per heavy atom. The van der Waals surface area contributed by atoms with Crippen LogP contribution in [-0.2, 0) is 9.05 Å². The molecule has 0 spiro atoms. The number of nitrogens with zero attached hydrogens (tertiary/aromatic N) is 3. The third-order valence-corrected chi connectivity index (χ3v) is 3.17. The van der Waals surface area contributed by atoms with Gasteiger partial charge in [-0.1, -0.05) is 0 Å². The van der Waals surface area contributed by atoms with Crippen molar-refractivity contribution in [3.63, 3.8) is 0 Å². The fraction of sp³-hybridized carbons (Fsp3) is 0. The minimum Gasteiger partial charge on any atom is -0.223 e. The minimum atomic E-state index is -3.66. The van der Waals surface area contributed by atoms with Gasteiger partial charge >= 0.3 is 0 Å². The van der Waals surface area contributed by atoms with Crippen LogP contribution in [0.5, 0.6) is 0 Å². The van der Waals surface area contributed by atoms with Gasteiger partial charge in [0.05, 0.1) is 10.6 Å². The first-order chi connectivity index (χ1) is 7.07. The van der Waals surface area contributed by atoms with Gasteiger partial charge in [0.25, 0.3) is 9.05 Å². The fourth-order valence-electron chi connectivity index (χ4n) is 1.10. The maximum Gasteiger partial charge on any atom is 0.261 e. The van der Waals surface area contributed by atoms with Crippen LogP contribution in [0.1, 0.15) is 0 Å². The van der Waals surface area contributed by atoms with Crippen molar-refractivity contribution in [1.29, 1.82) is 0 Å². The molecule has 1 aromatic carbocycles. The van der Waals surface area contributed by atoms with Gasteiger partial charge < -0.3 is 0 Å². The third kappa shape index (κ3) is 2.16. The first-order valence-corrected chi connectivity index (χ1v) is 6.28. The van der Waals surface area contributed by atoms with Crippen molar-refractivity contribution in [2.45, 2.75) is 4.90 Å². The fourth-order valence-corrected chi connectivity index (χ4v) is 1.87. The molecule has 1 heterocycles. The van der Waals surface area contributed by atoms with Crippen LogP contribution in [0.3, 0.4) is 0 Å². The molecule has 5 nitrogen and oxygen atoms in total. The Morgan fingerprint density at radius 2 is 1.87 bits per heavy atom. The van der Waals surface area contributed by atoms with Crippen LogP contribution in [0.25, 0.3) is 5.69 Å². The lowest BCUT2D eigenvalue weighted by atomic mass is 10.3. The molecule has 0 saturated carbocycles. The zero-order chi connectivity index (χ0) is 10.9. The number of halogens is 1. The van der Waals surface area contributed by atoms with Gasteiger partial charge in [-0.2, -0.15) is 5.10 Å². The molecule has 0 radical (unpaired) electrons. The minimum absolute atomic E-state index is 0.0630. The highest BCUT2D eigenvalue weighted by molar-refractivity contribution is 8.13. The topological polar surface area (TPSA) is 64.8 Å². The first-order valence-electron chi connectivity index (χ1n) is 3.97. The molecule has 0 atom stereocenters. The summed E-state index contributed by atoms with van der Waals surface area (Å²) in [5.74, 6) is 0. The van der Waals surface area contributed by atoms with Crippen LogP contribution in [0.2, 0.25) is 0 Å². The highest BCUT2D eigenvalue weighted by Gasteiger charge is 2.09. The number of benzene rings is 1. The summed E-state index contributed by atoms with van der Waals surface area (Å²) < 4.78 is 23.4. The van der Waals surface area contributed by atoms with E-state index in [-0.39, 0.29) is 4.90 Å². The molecule has 2 aromatic rings. The Kier molecular flexibility index (Phi) is 2.45. The molecule has 0 aliphatic heterocycles. The molecule has 0 aliphatic rings. The molecule has 0 bridgehead atoms. The van der Waals surface area contributed by atoms with Crippen LogP contribution < -0.4 is 0 Å². The Morgan fingerprint density at radius 3 is 2.33 bits per heavy atom. The van der Waals surface area contributed by atoms with E-state index in [0.29, 0.717) is 0 Å². The lowest BCUT2D eigenvalue weighted by Gasteiger charge is -2.00. The smallest absolute Gasteiger partial charge is 0.223 e. The second-order valence-electron chi connectivity index (χ2n) is 2.77. The molecule has 78 valence electrons. The van der Waals surface area contributed by atoms with E-state index in [2.05, 4.69) is 10.1 Å². The summed E-state index contributed by atoms with van der Waals surface area (Å²) in [5.41, 5.74) is 0.719. The highest BCUT2D eigenvalue weighted by Crippen LogP contribution is 2.16. The first kappa shape index (κ1) is 10.1. The van der Waals surface area contributed by atoms with Crippen molar-refractivity contribution in [3.8, 4) is 5.69 Å². The lowest BCUT2D eigenvalue weighted by molar-refractivity contribution is 0.609. The molecule has 15 heavy (non-hydrogen) atoms. The predicted octanol–water partition coefficient (Wildman–Crippen LogP) is 1.19. The van der Waals surface area contributed by atoms with E-state index >= 15 is 0 Å². The van der Waals surface area contributed by atoms with Crippen LogP contribution in [0.4, 0.5) is 0 Å². The van der Waals surface area contributed by atoms with Crippen LogP contribution in [-0.4, -0.2) is 23.2 Å². The summed E-state index contributed by atoms with van der Waals surface area (Å²) in [5, 5.41) is 3.90. The molecule has 1 aromatic heterocycles. The third-order valence-electron chi connectivity index (χ3n) is 1.80. The number of hydrogen-bond acceptors (Lipinski definition) is 4. The average molecular weight is 244 g/mol. The molecule has 0 N–H and O–H groups in total. The van der Waals surface area contributed by atoms with Gasteiger partial charge in [0, 0.05) is 10.7 Å². The van der Waals surface area contributed by atoms with E-state index in [9.17, 15) is 8.42 Å². The molecule has 0 unspecified atom stereocenters. The molecular weight excluding hydrogens is 238 g/mol. The molecular formula is C8H6ClN3O2S. The van der Waals surface area contributed by atoms with Gasteiger partial charge in [-0.05, 0) is 24.3 Å². The van der Waals surface area contributed by atoms with Gasteiger partial charge in [0.1, 0.15) is 12.7 Å². The largest absolute Gasteiger partial charge is 0.261 e. The summed E-state index contributed by atoms with van der Waals surface area (Å²) >= 11 is 0. The Balaban J connectivity index is 2.42. The lowest BCUT2D eigenvalue weighted by Crippen LogP contribution is -1.95. The van der Waals surface area contributed by atoms with Gasteiger partial charge in [0.15, 0.2) is 0 Å². The SMILES string of the molecule is O=S(=O)(Cl)c1ccc(-n2cncn2)cc1. The number of hydrogen-bond donors (Lipinski definition) is 0. The standard InChI is InChI=1S/C8H6ClN3O2S/c9-15(13,14)8-3-1-7(2-4-8)12-6-10-5-11-12/h1-6H. The Hall–Kier alpha value is -1.40. The molecule has 0 aliphatic carbocycles. The maximum atomic E-state index is 11.0. The van der Waals surface area contributed by atoms with Crippen LogP contribution in [0, 0.1) is 0 Å². The van der Waals surface area contributed by atoms with E-state index in [4.69, 9.17) is 10.7 Å². The van der Waals surface area contributed by atoms with Gasteiger partial charge in [-0.25, -0.2) is 18.1 Å². The molecule has 0 amide bonds. The highest BCUT2D eigenvalue weighted by atomic mass is 35.7. The quantitative estimate of drug-likeness (QED) is 0.744. The zero-order valence-electron chi connectivity index (χ0n) is 7.41. The number of rotatable bonds is 2. The van der Waals surface area contributed by atoms with Crippen molar-refractivity contribution in [3.05, 3.63) is 36.9 Å². The zero-order valence-corrected chi connectivity index (χ0v) is 8.98. The number of aromatic nitrogens is 3.